The predicted octanol–water partition coefficient (Wildman–Crippen LogP) is 3.52. The number of hydrogen-bond acceptors (Lipinski definition) is 3. The van der Waals surface area contributed by atoms with E-state index in [1.54, 1.807) is 11.3 Å². The Labute approximate surface area is 140 Å². The van der Waals surface area contributed by atoms with Gasteiger partial charge in [0.2, 0.25) is 0 Å². The maximum atomic E-state index is 12.8. The van der Waals surface area contributed by atoms with Crippen LogP contribution >= 0.6 is 23.7 Å². The second kappa shape index (κ2) is 6.19. The molecule has 1 amide bonds. The van der Waals surface area contributed by atoms with Gasteiger partial charge in [-0.15, -0.1) is 23.7 Å². The minimum Gasteiger partial charge on any atom is -0.337 e. The number of hydrogen-bond donors (Lipinski definition) is 1. The van der Waals surface area contributed by atoms with Crippen molar-refractivity contribution in [2.24, 2.45) is 17.6 Å². The number of halogens is 1. The van der Waals surface area contributed by atoms with Crippen LogP contribution in [0, 0.1) is 11.8 Å². The molecule has 4 rings (SSSR count). The summed E-state index contributed by atoms with van der Waals surface area (Å²) < 4.78 is 1.19. The monoisotopic (exact) mass is 336 g/mol. The van der Waals surface area contributed by atoms with Gasteiger partial charge in [-0.05, 0) is 42.2 Å². The molecule has 3 nitrogen and oxygen atoms in total. The van der Waals surface area contributed by atoms with Crippen molar-refractivity contribution < 1.29 is 4.79 Å². The number of rotatable bonds is 1. The van der Waals surface area contributed by atoms with Crippen molar-refractivity contribution in [3.8, 4) is 0 Å². The molecule has 0 bridgehead atoms. The van der Waals surface area contributed by atoms with E-state index < -0.39 is 0 Å². The number of carbonyl (C=O) groups excluding carboxylic acids is 1. The fraction of sp³-hybridized carbons (Fsp3) is 0.471. The molecule has 1 saturated heterocycles. The average Bonchev–Trinajstić information content (AvgIpc) is 3.11. The third-order valence-corrected chi connectivity index (χ3v) is 6.18. The molecule has 1 aromatic heterocycles. The SMILES string of the molecule is Cl.NC1CCCC2CN(C(=O)c3cc4ccccc4s3)CC12. The Morgan fingerprint density at radius 2 is 2.05 bits per heavy atom. The lowest BCUT2D eigenvalue weighted by atomic mass is 9.78. The summed E-state index contributed by atoms with van der Waals surface area (Å²) >= 11 is 1.60. The number of fused-ring (bicyclic) bond motifs is 2. The van der Waals surface area contributed by atoms with Crippen LogP contribution in [0.4, 0.5) is 0 Å². The summed E-state index contributed by atoms with van der Waals surface area (Å²) in [7, 11) is 0. The maximum absolute atomic E-state index is 12.8. The first kappa shape index (κ1) is 15.8. The van der Waals surface area contributed by atoms with Gasteiger partial charge in [-0.2, -0.15) is 0 Å². The molecule has 0 spiro atoms. The van der Waals surface area contributed by atoms with E-state index in [9.17, 15) is 4.79 Å². The van der Waals surface area contributed by atoms with Gasteiger partial charge in [0.25, 0.3) is 5.91 Å². The van der Waals surface area contributed by atoms with Gasteiger partial charge in [-0.3, -0.25) is 4.79 Å². The van der Waals surface area contributed by atoms with Gasteiger partial charge in [0.15, 0.2) is 0 Å². The summed E-state index contributed by atoms with van der Waals surface area (Å²) in [5.74, 6) is 1.32. The lowest BCUT2D eigenvalue weighted by molar-refractivity contribution is 0.0788. The minimum absolute atomic E-state index is 0. The van der Waals surface area contributed by atoms with Crippen LogP contribution < -0.4 is 5.73 Å². The Balaban J connectivity index is 0.00000144. The molecular formula is C17H21ClN2OS. The van der Waals surface area contributed by atoms with Gasteiger partial charge in [-0.25, -0.2) is 0 Å². The molecule has 1 aromatic carbocycles. The van der Waals surface area contributed by atoms with Crippen LogP contribution in [0.5, 0.6) is 0 Å². The normalized spacial score (nSPS) is 27.5. The Morgan fingerprint density at radius 1 is 1.23 bits per heavy atom. The van der Waals surface area contributed by atoms with Gasteiger partial charge < -0.3 is 10.6 Å². The van der Waals surface area contributed by atoms with Crippen LogP contribution in [0.3, 0.4) is 0 Å². The Morgan fingerprint density at radius 3 is 2.82 bits per heavy atom. The zero-order valence-electron chi connectivity index (χ0n) is 12.4. The van der Waals surface area contributed by atoms with Crippen LogP contribution in [0.15, 0.2) is 30.3 Å². The smallest absolute Gasteiger partial charge is 0.263 e. The lowest BCUT2D eigenvalue weighted by Crippen LogP contribution is -2.38. The zero-order valence-corrected chi connectivity index (χ0v) is 14.0. The lowest BCUT2D eigenvalue weighted by Gasteiger charge is -2.29. The quantitative estimate of drug-likeness (QED) is 0.866. The third-order valence-electron chi connectivity index (χ3n) is 5.08. The maximum Gasteiger partial charge on any atom is 0.263 e. The van der Waals surface area contributed by atoms with Crippen LogP contribution in [-0.2, 0) is 0 Å². The van der Waals surface area contributed by atoms with Crippen molar-refractivity contribution in [1.29, 1.82) is 0 Å². The molecule has 2 fully saturated rings. The predicted molar refractivity (Wildman–Crippen MR) is 93.8 cm³/mol. The molecule has 118 valence electrons. The first-order valence-electron chi connectivity index (χ1n) is 7.76. The molecule has 3 unspecified atom stereocenters. The van der Waals surface area contributed by atoms with E-state index in [0.717, 1.165) is 24.4 Å². The largest absolute Gasteiger partial charge is 0.337 e. The highest BCUT2D eigenvalue weighted by atomic mass is 35.5. The van der Waals surface area contributed by atoms with E-state index >= 15 is 0 Å². The number of benzene rings is 1. The fourth-order valence-electron chi connectivity index (χ4n) is 3.93. The average molecular weight is 337 g/mol. The summed E-state index contributed by atoms with van der Waals surface area (Å²) in [4.78, 5) is 15.7. The molecule has 1 aliphatic carbocycles. The molecule has 5 heteroatoms. The minimum atomic E-state index is 0. The number of nitrogens with two attached hydrogens (primary N) is 1. The molecular weight excluding hydrogens is 316 g/mol. The first-order valence-corrected chi connectivity index (χ1v) is 8.57. The molecule has 2 aromatic rings. The van der Waals surface area contributed by atoms with Gasteiger partial charge in [0.1, 0.15) is 0 Å². The van der Waals surface area contributed by atoms with E-state index in [2.05, 4.69) is 12.1 Å². The second-order valence-electron chi connectivity index (χ2n) is 6.38. The summed E-state index contributed by atoms with van der Waals surface area (Å²) in [5.41, 5.74) is 6.25. The van der Waals surface area contributed by atoms with Gasteiger partial charge in [0.05, 0.1) is 4.88 Å². The van der Waals surface area contributed by atoms with Gasteiger partial charge >= 0.3 is 0 Å². The first-order chi connectivity index (χ1) is 10.2. The summed E-state index contributed by atoms with van der Waals surface area (Å²) in [6.45, 7) is 1.74. The van der Waals surface area contributed by atoms with Crippen molar-refractivity contribution in [2.45, 2.75) is 25.3 Å². The molecule has 1 aliphatic heterocycles. The molecule has 22 heavy (non-hydrogen) atoms. The van der Waals surface area contributed by atoms with Crippen molar-refractivity contribution in [1.82, 2.24) is 4.90 Å². The van der Waals surface area contributed by atoms with Crippen LogP contribution in [-0.4, -0.2) is 29.9 Å². The molecule has 1 saturated carbocycles. The van der Waals surface area contributed by atoms with E-state index in [1.165, 1.54) is 22.9 Å². The summed E-state index contributed by atoms with van der Waals surface area (Å²) in [6.07, 6.45) is 3.56. The zero-order chi connectivity index (χ0) is 14.4. The number of likely N-dealkylation sites (tertiary alicyclic amines) is 1. The van der Waals surface area contributed by atoms with Crippen molar-refractivity contribution >= 4 is 39.7 Å². The summed E-state index contributed by atoms with van der Waals surface area (Å²) in [6, 6.07) is 10.5. The van der Waals surface area contributed by atoms with Crippen LogP contribution in [0.2, 0.25) is 0 Å². The summed E-state index contributed by atoms with van der Waals surface area (Å²) in [5, 5.41) is 1.17. The molecule has 3 atom stereocenters. The van der Waals surface area contributed by atoms with Crippen molar-refractivity contribution in [3.05, 3.63) is 35.2 Å². The van der Waals surface area contributed by atoms with Gasteiger partial charge in [-0.1, -0.05) is 24.6 Å². The topological polar surface area (TPSA) is 46.3 Å². The van der Waals surface area contributed by atoms with E-state index in [-0.39, 0.29) is 24.4 Å². The molecule has 0 radical (unpaired) electrons. The van der Waals surface area contributed by atoms with Crippen molar-refractivity contribution in [3.63, 3.8) is 0 Å². The van der Waals surface area contributed by atoms with Crippen molar-refractivity contribution in [2.75, 3.05) is 13.1 Å². The fourth-order valence-corrected chi connectivity index (χ4v) is 4.96. The number of nitrogens with zero attached hydrogens (tertiary/aromatic N) is 1. The Hall–Kier alpha value is -1.10. The van der Waals surface area contributed by atoms with Crippen LogP contribution in [0.1, 0.15) is 28.9 Å². The van der Waals surface area contributed by atoms with Crippen LogP contribution in [0.25, 0.3) is 10.1 Å². The highest BCUT2D eigenvalue weighted by molar-refractivity contribution is 7.20. The number of thiophene rings is 1. The highest BCUT2D eigenvalue weighted by Crippen LogP contribution is 2.37. The van der Waals surface area contributed by atoms with E-state index in [4.69, 9.17) is 5.73 Å². The van der Waals surface area contributed by atoms with E-state index in [0.29, 0.717) is 11.8 Å². The second-order valence-corrected chi connectivity index (χ2v) is 7.46. The highest BCUT2D eigenvalue weighted by Gasteiger charge is 2.40. The third kappa shape index (κ3) is 2.64. The Bertz CT molecular complexity index is 653. The van der Waals surface area contributed by atoms with E-state index in [1.807, 2.05) is 23.1 Å². The number of carbonyl (C=O) groups is 1. The molecule has 2 heterocycles. The van der Waals surface area contributed by atoms with Gasteiger partial charge in [0, 0.05) is 23.8 Å². The number of amides is 1. The molecule has 2 aliphatic rings. The standard InChI is InChI=1S/C17H20N2OS.ClH/c18-14-6-3-5-12-9-19(10-13(12)14)17(20)16-8-11-4-1-2-7-15(11)21-16;/h1-2,4,7-8,12-14H,3,5-6,9-10,18H2;1H. The molecule has 2 N–H and O–H groups in total. The Kier molecular flexibility index (Phi) is 4.44.